The zero-order valence-electron chi connectivity index (χ0n) is 23.4. The van der Waals surface area contributed by atoms with Gasteiger partial charge in [-0.25, -0.2) is 4.79 Å². The van der Waals surface area contributed by atoms with Crippen LogP contribution in [0.3, 0.4) is 0 Å². The zero-order valence-corrected chi connectivity index (χ0v) is 24.9. The molecule has 0 radical (unpaired) electrons. The van der Waals surface area contributed by atoms with Gasteiger partial charge in [-0.3, -0.25) is 9.78 Å². The molecule has 1 N–H and O–H groups in total. The topological polar surface area (TPSA) is 68.8 Å². The SMILES string of the molecule is Cc1cc(N2CCC(N(C)C(=O)c3ccc4c(c3)C(N(C)C(=O)Nc3cccc(Cl)c3Cl)CC4)CC2)cc(C)n1. The van der Waals surface area contributed by atoms with E-state index in [0.717, 1.165) is 55.7 Å². The number of hydrogen-bond acceptors (Lipinski definition) is 4. The molecule has 1 aliphatic carbocycles. The minimum atomic E-state index is -0.276. The number of fused-ring (bicyclic) bond motifs is 1. The highest BCUT2D eigenvalue weighted by Gasteiger charge is 2.31. The van der Waals surface area contributed by atoms with E-state index in [9.17, 15) is 9.59 Å². The molecule has 3 aromatic rings. The first kappa shape index (κ1) is 28.2. The Morgan fingerprint density at radius 1 is 0.950 bits per heavy atom. The number of nitrogens with one attached hydrogen (secondary N) is 1. The molecule has 1 unspecified atom stereocenters. The summed E-state index contributed by atoms with van der Waals surface area (Å²) in [7, 11) is 3.68. The Labute approximate surface area is 246 Å². The summed E-state index contributed by atoms with van der Waals surface area (Å²) in [6.07, 6.45) is 3.46. The molecule has 2 aliphatic rings. The van der Waals surface area contributed by atoms with Crippen LogP contribution in [0.25, 0.3) is 0 Å². The Hall–Kier alpha value is -3.29. The Bertz CT molecular complexity index is 1420. The maximum atomic E-state index is 13.6. The summed E-state index contributed by atoms with van der Waals surface area (Å²) in [5.41, 5.74) is 6.56. The molecule has 0 saturated carbocycles. The fourth-order valence-electron chi connectivity index (χ4n) is 5.94. The molecule has 1 fully saturated rings. The number of anilines is 2. The van der Waals surface area contributed by atoms with Crippen LogP contribution >= 0.6 is 23.2 Å². The summed E-state index contributed by atoms with van der Waals surface area (Å²) >= 11 is 12.4. The van der Waals surface area contributed by atoms with Crippen molar-refractivity contribution in [3.05, 3.63) is 86.7 Å². The molecule has 0 bridgehead atoms. The number of nitrogens with zero attached hydrogens (tertiary/aromatic N) is 4. The Morgan fingerprint density at radius 2 is 1.65 bits per heavy atom. The second-order valence-electron chi connectivity index (χ2n) is 10.9. The van der Waals surface area contributed by atoms with Gasteiger partial charge in [-0.2, -0.15) is 0 Å². The Morgan fingerprint density at radius 3 is 2.35 bits per heavy atom. The predicted octanol–water partition coefficient (Wildman–Crippen LogP) is 6.90. The van der Waals surface area contributed by atoms with Crippen LogP contribution in [-0.2, 0) is 6.42 Å². The van der Waals surface area contributed by atoms with E-state index in [-0.39, 0.29) is 24.0 Å². The zero-order chi connectivity index (χ0) is 28.6. The van der Waals surface area contributed by atoms with Crippen molar-refractivity contribution in [1.29, 1.82) is 0 Å². The van der Waals surface area contributed by atoms with Gasteiger partial charge in [0.25, 0.3) is 5.91 Å². The van der Waals surface area contributed by atoms with Crippen LogP contribution < -0.4 is 10.2 Å². The molecule has 210 valence electrons. The van der Waals surface area contributed by atoms with E-state index in [1.807, 2.05) is 44.0 Å². The number of urea groups is 1. The van der Waals surface area contributed by atoms with Crippen molar-refractivity contribution < 1.29 is 9.59 Å². The van der Waals surface area contributed by atoms with Gasteiger partial charge in [-0.15, -0.1) is 0 Å². The standard InChI is InChI=1S/C31H35Cl2N5O2/c1-19-16-24(17-20(2)34-19)38-14-12-23(13-15-38)36(3)30(39)22-9-8-21-10-11-28(25(21)18-22)37(4)31(40)35-27-7-5-6-26(32)29(27)33/h5-9,16-18,23,28H,10-15H2,1-4H3,(H,35,40). The molecule has 7 nitrogen and oxygen atoms in total. The monoisotopic (exact) mass is 579 g/mol. The number of hydrogen-bond donors (Lipinski definition) is 1. The lowest BCUT2D eigenvalue weighted by molar-refractivity contribution is 0.0709. The number of carbonyl (C=O) groups is 2. The Kier molecular flexibility index (Phi) is 8.24. The normalized spacial score (nSPS) is 16.9. The van der Waals surface area contributed by atoms with E-state index in [4.69, 9.17) is 23.2 Å². The summed E-state index contributed by atoms with van der Waals surface area (Å²) in [6, 6.07) is 15.1. The highest BCUT2D eigenvalue weighted by atomic mass is 35.5. The van der Waals surface area contributed by atoms with E-state index in [2.05, 4.69) is 27.3 Å². The number of benzene rings is 2. The molecule has 40 heavy (non-hydrogen) atoms. The van der Waals surface area contributed by atoms with Gasteiger partial charge in [0.05, 0.1) is 21.8 Å². The summed E-state index contributed by atoms with van der Waals surface area (Å²) in [5, 5.41) is 3.56. The molecule has 5 rings (SSSR count). The number of rotatable bonds is 5. The molecule has 9 heteroatoms. The van der Waals surface area contributed by atoms with Gasteiger partial charge in [0, 0.05) is 55.9 Å². The van der Waals surface area contributed by atoms with Gasteiger partial charge in [0.1, 0.15) is 0 Å². The number of amides is 3. The summed E-state index contributed by atoms with van der Waals surface area (Å²) in [4.78, 5) is 37.1. The van der Waals surface area contributed by atoms with Crippen LogP contribution in [0, 0.1) is 13.8 Å². The van der Waals surface area contributed by atoms with Gasteiger partial charge in [0.2, 0.25) is 0 Å². The number of piperidine rings is 1. The van der Waals surface area contributed by atoms with Crippen molar-refractivity contribution in [2.24, 2.45) is 0 Å². The Balaban J connectivity index is 1.25. The first-order valence-electron chi connectivity index (χ1n) is 13.7. The molecule has 1 aromatic heterocycles. The second kappa shape index (κ2) is 11.7. The fourth-order valence-corrected chi connectivity index (χ4v) is 6.28. The number of carbonyl (C=O) groups excluding carboxylic acids is 2. The first-order valence-corrected chi connectivity index (χ1v) is 14.5. The van der Waals surface area contributed by atoms with Crippen LogP contribution in [0.15, 0.2) is 48.5 Å². The lowest BCUT2D eigenvalue weighted by atomic mass is 10.00. The van der Waals surface area contributed by atoms with Gasteiger partial charge >= 0.3 is 6.03 Å². The van der Waals surface area contributed by atoms with Gasteiger partial charge in [-0.05, 0) is 87.1 Å². The maximum absolute atomic E-state index is 13.6. The first-order chi connectivity index (χ1) is 19.1. The average Bonchev–Trinajstić information content (AvgIpc) is 3.37. The van der Waals surface area contributed by atoms with Gasteiger partial charge in [0.15, 0.2) is 0 Å². The molecular weight excluding hydrogens is 545 g/mol. The highest BCUT2D eigenvalue weighted by molar-refractivity contribution is 6.43. The van der Waals surface area contributed by atoms with Crippen molar-refractivity contribution in [1.82, 2.24) is 14.8 Å². The molecule has 1 saturated heterocycles. The molecule has 1 aliphatic heterocycles. The van der Waals surface area contributed by atoms with Crippen molar-refractivity contribution >= 4 is 46.5 Å². The van der Waals surface area contributed by atoms with Gasteiger partial charge < -0.3 is 20.0 Å². The van der Waals surface area contributed by atoms with Crippen LogP contribution in [0.4, 0.5) is 16.2 Å². The third-order valence-corrected chi connectivity index (χ3v) is 9.00. The number of aryl methyl sites for hydroxylation is 3. The molecule has 2 heterocycles. The van der Waals surface area contributed by atoms with Crippen molar-refractivity contribution in [3.63, 3.8) is 0 Å². The quantitative estimate of drug-likeness (QED) is 0.357. The number of halogens is 2. The molecule has 0 spiro atoms. The van der Waals surface area contributed by atoms with E-state index in [1.165, 1.54) is 11.3 Å². The minimum absolute atomic E-state index is 0.0142. The lowest BCUT2D eigenvalue weighted by Gasteiger charge is -2.38. The van der Waals surface area contributed by atoms with Crippen LogP contribution in [0.5, 0.6) is 0 Å². The minimum Gasteiger partial charge on any atom is -0.371 e. The molecular formula is C31H35Cl2N5O2. The van der Waals surface area contributed by atoms with E-state index >= 15 is 0 Å². The third-order valence-electron chi connectivity index (χ3n) is 8.18. The molecule has 3 amide bonds. The number of aromatic nitrogens is 1. The summed E-state index contributed by atoms with van der Waals surface area (Å²) in [5.74, 6) is 0.0142. The van der Waals surface area contributed by atoms with E-state index in [0.29, 0.717) is 21.3 Å². The second-order valence-corrected chi connectivity index (χ2v) is 11.6. The maximum Gasteiger partial charge on any atom is 0.322 e. The van der Waals surface area contributed by atoms with E-state index < -0.39 is 0 Å². The third kappa shape index (κ3) is 5.77. The largest absolute Gasteiger partial charge is 0.371 e. The summed E-state index contributed by atoms with van der Waals surface area (Å²) < 4.78 is 0. The predicted molar refractivity (Wildman–Crippen MR) is 162 cm³/mol. The number of pyridine rings is 1. The lowest BCUT2D eigenvalue weighted by Crippen LogP contribution is -2.45. The van der Waals surface area contributed by atoms with Crippen LogP contribution in [0.1, 0.15) is 58.2 Å². The summed E-state index contributed by atoms with van der Waals surface area (Å²) in [6.45, 7) is 5.84. The molecule has 1 atom stereocenters. The highest BCUT2D eigenvalue weighted by Crippen LogP contribution is 2.37. The van der Waals surface area contributed by atoms with Crippen molar-refractivity contribution in [2.45, 2.75) is 51.6 Å². The smallest absolute Gasteiger partial charge is 0.322 e. The average molecular weight is 581 g/mol. The van der Waals surface area contributed by atoms with Gasteiger partial charge in [-0.1, -0.05) is 35.3 Å². The van der Waals surface area contributed by atoms with Crippen LogP contribution in [-0.4, -0.2) is 59.9 Å². The van der Waals surface area contributed by atoms with Crippen molar-refractivity contribution in [2.75, 3.05) is 37.4 Å². The molecule has 2 aromatic carbocycles. The van der Waals surface area contributed by atoms with Crippen molar-refractivity contribution in [3.8, 4) is 0 Å². The van der Waals surface area contributed by atoms with Crippen LogP contribution in [0.2, 0.25) is 10.0 Å². The van der Waals surface area contributed by atoms with E-state index in [1.54, 1.807) is 30.1 Å². The fraction of sp³-hybridized carbons (Fsp3) is 0.387.